The summed E-state index contributed by atoms with van der Waals surface area (Å²) in [6.45, 7) is 1.61. The van der Waals surface area contributed by atoms with Crippen LogP contribution in [0.1, 0.15) is 18.5 Å². The average Bonchev–Trinajstić information content (AvgIpc) is 2.77. The van der Waals surface area contributed by atoms with Crippen LogP contribution in [0.5, 0.6) is 5.75 Å². The van der Waals surface area contributed by atoms with E-state index in [-0.39, 0.29) is 25.6 Å². The van der Waals surface area contributed by atoms with Crippen molar-refractivity contribution in [3.8, 4) is 5.75 Å². The zero-order valence-electron chi connectivity index (χ0n) is 18.7. The van der Waals surface area contributed by atoms with Crippen molar-refractivity contribution in [2.24, 2.45) is 0 Å². The Hall–Kier alpha value is -2.15. The highest BCUT2D eigenvalue weighted by atomic mass is 35.5. The van der Waals surface area contributed by atoms with Crippen molar-refractivity contribution < 1.29 is 30.0 Å². The maximum absolute atomic E-state index is 13.5. The fraction of sp³-hybridized carbons (Fsp3) is 0.182. The van der Waals surface area contributed by atoms with E-state index in [1.54, 1.807) is 6.92 Å². The molecule has 0 aliphatic heterocycles. The summed E-state index contributed by atoms with van der Waals surface area (Å²) in [7, 11) is -10.9. The number of halogens is 2. The molecule has 0 heterocycles. The highest BCUT2D eigenvalue weighted by Gasteiger charge is 2.31. The average molecular weight is 579 g/mol. The summed E-state index contributed by atoms with van der Waals surface area (Å²) in [5, 5.41) is 0.0486. The van der Waals surface area contributed by atoms with E-state index in [0.29, 0.717) is 5.56 Å². The lowest BCUT2D eigenvalue weighted by Crippen LogP contribution is -2.25. The number of hydrogen-bond donors (Lipinski definition) is 1. The molecule has 3 aromatic rings. The fourth-order valence-corrected chi connectivity index (χ4v) is 8.18. The van der Waals surface area contributed by atoms with Gasteiger partial charge < -0.3 is 4.74 Å². The van der Waals surface area contributed by atoms with Crippen molar-refractivity contribution in [3.05, 3.63) is 76.3 Å². The Morgan fingerprint density at radius 1 is 0.771 bits per heavy atom. The molecule has 1 atom stereocenters. The molecule has 0 aromatic heterocycles. The van der Waals surface area contributed by atoms with Crippen LogP contribution in [0, 0.1) is 0 Å². The zero-order valence-corrected chi connectivity index (χ0v) is 22.7. The van der Waals surface area contributed by atoms with E-state index in [9.17, 15) is 25.3 Å². The molecule has 35 heavy (non-hydrogen) atoms. The quantitative estimate of drug-likeness (QED) is 0.423. The van der Waals surface area contributed by atoms with E-state index in [0.717, 1.165) is 18.4 Å². The number of methoxy groups -OCH3 is 1. The van der Waals surface area contributed by atoms with Gasteiger partial charge in [0.25, 0.3) is 0 Å². The van der Waals surface area contributed by atoms with Crippen LogP contribution in [0.15, 0.2) is 80.2 Å². The van der Waals surface area contributed by atoms with Gasteiger partial charge in [0.15, 0.2) is 0 Å². The van der Waals surface area contributed by atoms with Crippen LogP contribution in [0.4, 0.5) is 0 Å². The van der Waals surface area contributed by atoms with E-state index in [1.807, 2.05) is 0 Å². The summed E-state index contributed by atoms with van der Waals surface area (Å²) in [5.74, 6) is 0.128. The minimum atomic E-state index is -4.41. The third kappa shape index (κ3) is 5.99. The van der Waals surface area contributed by atoms with Gasteiger partial charge in [-0.05, 0) is 55.0 Å². The third-order valence-corrected chi connectivity index (χ3v) is 10.2. The van der Waals surface area contributed by atoms with Gasteiger partial charge in [0.05, 0.1) is 38.0 Å². The normalized spacial score (nSPS) is 13.4. The van der Waals surface area contributed by atoms with Gasteiger partial charge >= 0.3 is 0 Å². The fourth-order valence-electron chi connectivity index (χ4n) is 3.31. The molecule has 0 unspecified atom stereocenters. The first-order valence-electron chi connectivity index (χ1n) is 9.87. The molecule has 8 nitrogen and oxygen atoms in total. The van der Waals surface area contributed by atoms with E-state index >= 15 is 0 Å². The van der Waals surface area contributed by atoms with E-state index in [2.05, 4.69) is 4.72 Å². The first-order valence-corrected chi connectivity index (χ1v) is 15.5. The molecule has 0 fully saturated rings. The molecule has 13 heteroatoms. The third-order valence-electron chi connectivity index (χ3n) is 4.99. The van der Waals surface area contributed by atoms with Crippen molar-refractivity contribution in [1.29, 1.82) is 0 Å². The monoisotopic (exact) mass is 577 g/mol. The molecule has 0 amide bonds. The number of ether oxygens (including phenoxy) is 1. The molecule has 0 radical (unpaired) electrons. The Morgan fingerprint density at radius 3 is 1.91 bits per heavy atom. The Bertz CT molecular complexity index is 1590. The van der Waals surface area contributed by atoms with Gasteiger partial charge in [0.1, 0.15) is 5.75 Å². The van der Waals surface area contributed by atoms with Crippen LogP contribution in [0.25, 0.3) is 0 Å². The summed E-state index contributed by atoms with van der Waals surface area (Å²) in [5.41, 5.74) is 0.518. The molecule has 0 bridgehead atoms. The van der Waals surface area contributed by atoms with Gasteiger partial charge in [0, 0.05) is 17.1 Å². The summed E-state index contributed by atoms with van der Waals surface area (Å²) in [4.78, 5) is -1.49. The first-order chi connectivity index (χ1) is 16.2. The Morgan fingerprint density at radius 2 is 1.37 bits per heavy atom. The molecule has 3 aromatic carbocycles. The smallest absolute Gasteiger partial charge is 0.209 e. The van der Waals surface area contributed by atoms with Crippen molar-refractivity contribution in [3.63, 3.8) is 0 Å². The number of nitrogens with one attached hydrogen (secondary N) is 1. The van der Waals surface area contributed by atoms with Crippen molar-refractivity contribution in [2.75, 3.05) is 13.4 Å². The lowest BCUT2D eigenvalue weighted by Gasteiger charge is -2.15. The highest BCUT2D eigenvalue weighted by Crippen LogP contribution is 2.37. The van der Waals surface area contributed by atoms with Gasteiger partial charge in [0.2, 0.25) is 29.7 Å². The molecule has 0 saturated carbocycles. The summed E-state index contributed by atoms with van der Waals surface area (Å²) >= 11 is 12.0. The second-order valence-electron chi connectivity index (χ2n) is 7.58. The lowest BCUT2D eigenvalue weighted by atomic mass is 10.1. The second-order valence-corrected chi connectivity index (χ2v) is 14.0. The Balaban J connectivity index is 2.15. The minimum absolute atomic E-state index is 0.128. The predicted octanol–water partition coefficient (Wildman–Crippen LogP) is 4.28. The standard InChI is InChI=1S/C22H21Cl2NO7S3/c1-14(25-33(3,26)27)15-4-8-18(9-5-15)34(28,29)21-11-7-17(32-2)13-22(21)35(30,31)20-10-6-16(23)12-19(20)24/h4-14,25H,1-3H3/t14-/m0/s1. The predicted molar refractivity (Wildman–Crippen MR) is 133 cm³/mol. The minimum Gasteiger partial charge on any atom is -0.497 e. The topological polar surface area (TPSA) is 124 Å². The largest absolute Gasteiger partial charge is 0.497 e. The zero-order chi connectivity index (χ0) is 26.2. The van der Waals surface area contributed by atoms with Gasteiger partial charge in [-0.1, -0.05) is 35.3 Å². The maximum atomic E-state index is 13.5. The van der Waals surface area contributed by atoms with E-state index < -0.39 is 45.5 Å². The van der Waals surface area contributed by atoms with Gasteiger partial charge in [-0.3, -0.25) is 0 Å². The van der Waals surface area contributed by atoms with Crippen LogP contribution in [0.2, 0.25) is 10.0 Å². The van der Waals surface area contributed by atoms with Gasteiger partial charge in [-0.15, -0.1) is 0 Å². The first kappa shape index (κ1) is 27.4. The molecular weight excluding hydrogens is 557 g/mol. The SMILES string of the molecule is COc1ccc(S(=O)(=O)c2ccc([C@H](C)NS(C)(=O)=O)cc2)c(S(=O)(=O)c2ccc(Cl)cc2Cl)c1. The molecule has 188 valence electrons. The number of sulfone groups is 2. The molecule has 0 aliphatic carbocycles. The van der Waals surface area contributed by atoms with E-state index in [1.165, 1.54) is 55.6 Å². The second kappa shape index (κ2) is 10.1. The van der Waals surface area contributed by atoms with Crippen LogP contribution < -0.4 is 9.46 Å². The molecule has 3 rings (SSSR count). The molecule has 1 N–H and O–H groups in total. The summed E-state index contributed by atoms with van der Waals surface area (Å²) < 4.78 is 84.5. The van der Waals surface area contributed by atoms with Gasteiger partial charge in [-0.25, -0.2) is 30.0 Å². The summed E-state index contributed by atoms with van der Waals surface area (Å²) in [6, 6.07) is 12.2. The highest BCUT2D eigenvalue weighted by molar-refractivity contribution is 7.94. The maximum Gasteiger partial charge on any atom is 0.209 e. The van der Waals surface area contributed by atoms with Crippen molar-refractivity contribution in [2.45, 2.75) is 32.5 Å². The van der Waals surface area contributed by atoms with Crippen LogP contribution >= 0.6 is 23.2 Å². The van der Waals surface area contributed by atoms with Crippen LogP contribution in [-0.4, -0.2) is 38.6 Å². The van der Waals surface area contributed by atoms with Crippen LogP contribution in [0.3, 0.4) is 0 Å². The number of rotatable bonds is 8. The van der Waals surface area contributed by atoms with Crippen LogP contribution in [-0.2, 0) is 29.7 Å². The van der Waals surface area contributed by atoms with Crippen molar-refractivity contribution >= 4 is 52.9 Å². The van der Waals surface area contributed by atoms with Crippen molar-refractivity contribution in [1.82, 2.24) is 4.72 Å². The Labute approximate surface area is 214 Å². The summed E-state index contributed by atoms with van der Waals surface area (Å²) in [6.07, 6.45) is 1.01. The molecule has 0 spiro atoms. The number of sulfonamides is 1. The Kier molecular flexibility index (Phi) is 7.90. The molecular formula is C22H21Cl2NO7S3. The van der Waals surface area contributed by atoms with Gasteiger partial charge in [-0.2, -0.15) is 0 Å². The number of benzene rings is 3. The number of hydrogen-bond acceptors (Lipinski definition) is 7. The molecule has 0 saturated heterocycles. The lowest BCUT2D eigenvalue weighted by molar-refractivity contribution is 0.412. The van der Waals surface area contributed by atoms with E-state index in [4.69, 9.17) is 27.9 Å². The molecule has 0 aliphatic rings.